The summed E-state index contributed by atoms with van der Waals surface area (Å²) in [6, 6.07) is 10.2. The van der Waals surface area contributed by atoms with Crippen LogP contribution in [0.25, 0.3) is 20.8 Å². The minimum absolute atomic E-state index is 0.0302. The maximum atomic E-state index is 12.7. The van der Waals surface area contributed by atoms with Gasteiger partial charge in [0.2, 0.25) is 0 Å². The highest BCUT2D eigenvalue weighted by Gasteiger charge is 2.15. The molecule has 26 heavy (non-hydrogen) atoms. The normalized spacial score (nSPS) is 11.3. The molecule has 4 aromatic rings. The van der Waals surface area contributed by atoms with E-state index in [1.165, 1.54) is 0 Å². The second kappa shape index (κ2) is 6.98. The van der Waals surface area contributed by atoms with Crippen molar-refractivity contribution in [3.8, 4) is 10.6 Å². The first-order chi connectivity index (χ1) is 12.5. The monoisotopic (exact) mass is 399 g/mol. The predicted molar refractivity (Wildman–Crippen MR) is 111 cm³/mol. The smallest absolute Gasteiger partial charge is 0.262 e. The molecule has 0 aliphatic carbocycles. The van der Waals surface area contributed by atoms with Gasteiger partial charge in [0.15, 0.2) is 5.16 Å². The quantitative estimate of drug-likeness (QED) is 0.357. The topological polar surface area (TPSA) is 47.8 Å². The Balaban J connectivity index is 1.60. The number of fused-ring (bicyclic) bond motifs is 1. The van der Waals surface area contributed by atoms with E-state index in [1.54, 1.807) is 46.1 Å². The van der Waals surface area contributed by atoms with Crippen LogP contribution in [0, 0.1) is 13.8 Å². The van der Waals surface area contributed by atoms with Crippen LogP contribution in [0.1, 0.15) is 16.1 Å². The highest BCUT2D eigenvalue weighted by Crippen LogP contribution is 2.30. The Labute approximate surface area is 163 Å². The lowest BCUT2D eigenvalue weighted by molar-refractivity contribution is 0.727. The third-order valence-corrected chi connectivity index (χ3v) is 7.40. The van der Waals surface area contributed by atoms with Crippen molar-refractivity contribution in [1.82, 2.24) is 14.5 Å². The van der Waals surface area contributed by atoms with Gasteiger partial charge in [0.05, 0.1) is 11.1 Å². The van der Waals surface area contributed by atoms with Crippen LogP contribution >= 0.6 is 34.4 Å². The molecule has 0 aliphatic heterocycles. The number of nitrogens with zero attached hydrogens (tertiary/aromatic N) is 3. The highest BCUT2D eigenvalue weighted by molar-refractivity contribution is 7.98. The summed E-state index contributed by atoms with van der Waals surface area (Å²) in [6.07, 6.45) is 0. The van der Waals surface area contributed by atoms with E-state index in [0.717, 1.165) is 42.1 Å². The summed E-state index contributed by atoms with van der Waals surface area (Å²) in [5.41, 5.74) is 3.21. The van der Waals surface area contributed by atoms with Crippen molar-refractivity contribution in [1.29, 1.82) is 0 Å². The third-order valence-electron chi connectivity index (χ3n) is 4.29. The molecule has 3 heterocycles. The predicted octanol–water partition coefficient (Wildman–Crippen LogP) is 5.03. The zero-order valence-corrected chi connectivity index (χ0v) is 17.1. The molecule has 0 atom stereocenters. The molecule has 1 aromatic carbocycles. The average Bonchev–Trinajstić information content (AvgIpc) is 3.23. The van der Waals surface area contributed by atoms with Gasteiger partial charge in [0, 0.05) is 28.6 Å². The maximum Gasteiger partial charge on any atom is 0.262 e. The summed E-state index contributed by atoms with van der Waals surface area (Å²) >= 11 is 4.78. The van der Waals surface area contributed by atoms with Crippen molar-refractivity contribution in [3.63, 3.8) is 0 Å². The summed E-state index contributed by atoms with van der Waals surface area (Å²) < 4.78 is 1.65. The van der Waals surface area contributed by atoms with Crippen LogP contribution in [-0.2, 0) is 12.8 Å². The molecule has 0 saturated heterocycles. The largest absolute Gasteiger partial charge is 0.290 e. The fourth-order valence-electron chi connectivity index (χ4n) is 2.71. The molecule has 0 amide bonds. The van der Waals surface area contributed by atoms with E-state index < -0.39 is 0 Å². The van der Waals surface area contributed by atoms with E-state index in [0.29, 0.717) is 5.75 Å². The molecule has 0 fully saturated rings. The second-order valence-electron chi connectivity index (χ2n) is 6.02. The summed E-state index contributed by atoms with van der Waals surface area (Å²) in [7, 11) is 1.79. The number of aryl methyl sites for hydroxylation is 2. The fraction of sp³-hybridized carbons (Fsp3) is 0.211. The summed E-state index contributed by atoms with van der Waals surface area (Å²) in [4.78, 5) is 24.1. The number of aromatic nitrogens is 3. The van der Waals surface area contributed by atoms with Crippen LogP contribution in [0.2, 0.25) is 0 Å². The Kier molecular flexibility index (Phi) is 4.69. The first-order valence-electron chi connectivity index (χ1n) is 8.14. The standard InChI is InChI=1S/C19H17N3OS3/c1-11-12(2)26-17-15(11)18(23)22(3)19(21-17)25-10-14-9-24-16(20-14)13-7-5-4-6-8-13/h4-9H,10H2,1-3H3. The zero-order valence-electron chi connectivity index (χ0n) is 14.6. The molecule has 4 nitrogen and oxygen atoms in total. The molecule has 0 saturated carbocycles. The number of hydrogen-bond donors (Lipinski definition) is 0. The van der Waals surface area contributed by atoms with Gasteiger partial charge in [-0.1, -0.05) is 42.1 Å². The molecule has 0 aliphatic rings. The number of benzene rings is 1. The molecule has 3 aromatic heterocycles. The van der Waals surface area contributed by atoms with Gasteiger partial charge in [-0.25, -0.2) is 9.97 Å². The number of thiazole rings is 1. The molecule has 0 bridgehead atoms. The highest BCUT2D eigenvalue weighted by atomic mass is 32.2. The van der Waals surface area contributed by atoms with E-state index in [2.05, 4.69) is 17.5 Å². The molecule has 0 spiro atoms. The minimum Gasteiger partial charge on any atom is -0.290 e. The van der Waals surface area contributed by atoms with E-state index in [4.69, 9.17) is 9.97 Å². The van der Waals surface area contributed by atoms with E-state index in [9.17, 15) is 4.79 Å². The first kappa shape index (κ1) is 17.5. The Morgan fingerprint density at radius 2 is 1.92 bits per heavy atom. The van der Waals surface area contributed by atoms with Gasteiger partial charge in [-0.3, -0.25) is 9.36 Å². The molecule has 7 heteroatoms. The molecule has 0 radical (unpaired) electrons. The van der Waals surface area contributed by atoms with Crippen molar-refractivity contribution < 1.29 is 0 Å². The lowest BCUT2D eigenvalue weighted by Gasteiger charge is -2.06. The summed E-state index contributed by atoms with van der Waals surface area (Å²) in [5.74, 6) is 0.693. The molecule has 4 rings (SSSR count). The SMILES string of the molecule is Cc1sc2nc(SCc3csc(-c4ccccc4)n3)n(C)c(=O)c2c1C. The van der Waals surface area contributed by atoms with Gasteiger partial charge >= 0.3 is 0 Å². The zero-order chi connectivity index (χ0) is 18.3. The molecule has 0 unspecified atom stereocenters. The van der Waals surface area contributed by atoms with Crippen molar-refractivity contribution >= 4 is 44.7 Å². The van der Waals surface area contributed by atoms with Gasteiger partial charge in [-0.15, -0.1) is 22.7 Å². The van der Waals surface area contributed by atoms with Gasteiger partial charge in [-0.05, 0) is 19.4 Å². The lowest BCUT2D eigenvalue weighted by atomic mass is 10.2. The fourth-order valence-corrected chi connectivity index (χ4v) is 5.58. The van der Waals surface area contributed by atoms with Crippen molar-refractivity contribution in [2.24, 2.45) is 7.05 Å². The van der Waals surface area contributed by atoms with Gasteiger partial charge in [0.1, 0.15) is 9.84 Å². The first-order valence-corrected chi connectivity index (χ1v) is 10.8. The summed E-state index contributed by atoms with van der Waals surface area (Å²) in [5, 5.41) is 4.58. The number of rotatable bonds is 4. The Morgan fingerprint density at radius 1 is 1.15 bits per heavy atom. The van der Waals surface area contributed by atoms with Crippen molar-refractivity contribution in [2.75, 3.05) is 0 Å². The Hall–Kier alpha value is -1.96. The summed E-state index contributed by atoms with van der Waals surface area (Å²) in [6.45, 7) is 4.03. The third kappa shape index (κ3) is 3.11. The van der Waals surface area contributed by atoms with Crippen LogP contribution in [0.5, 0.6) is 0 Å². The minimum atomic E-state index is 0.0302. The van der Waals surface area contributed by atoms with Crippen LogP contribution in [0.15, 0.2) is 45.7 Å². The number of hydrogen-bond acceptors (Lipinski definition) is 6. The van der Waals surface area contributed by atoms with Crippen LogP contribution in [-0.4, -0.2) is 14.5 Å². The lowest BCUT2D eigenvalue weighted by Crippen LogP contribution is -2.19. The van der Waals surface area contributed by atoms with Gasteiger partial charge < -0.3 is 0 Å². The molecule has 0 N–H and O–H groups in total. The van der Waals surface area contributed by atoms with Crippen molar-refractivity contribution in [3.05, 3.63) is 62.2 Å². The van der Waals surface area contributed by atoms with Gasteiger partial charge in [-0.2, -0.15) is 0 Å². The van der Waals surface area contributed by atoms with E-state index >= 15 is 0 Å². The van der Waals surface area contributed by atoms with Crippen LogP contribution < -0.4 is 5.56 Å². The number of thioether (sulfide) groups is 1. The van der Waals surface area contributed by atoms with Crippen molar-refractivity contribution in [2.45, 2.75) is 24.8 Å². The average molecular weight is 400 g/mol. The van der Waals surface area contributed by atoms with E-state index in [-0.39, 0.29) is 5.56 Å². The maximum absolute atomic E-state index is 12.7. The van der Waals surface area contributed by atoms with Crippen LogP contribution in [0.3, 0.4) is 0 Å². The Morgan fingerprint density at radius 3 is 2.69 bits per heavy atom. The van der Waals surface area contributed by atoms with E-state index in [1.807, 2.05) is 32.0 Å². The second-order valence-corrected chi connectivity index (χ2v) is 9.02. The number of thiophene rings is 1. The molecule has 132 valence electrons. The molecular formula is C19H17N3OS3. The molecular weight excluding hydrogens is 382 g/mol. The van der Waals surface area contributed by atoms with Crippen LogP contribution in [0.4, 0.5) is 0 Å². The Bertz CT molecular complexity index is 1140. The van der Waals surface area contributed by atoms with Gasteiger partial charge in [0.25, 0.3) is 5.56 Å².